The van der Waals surface area contributed by atoms with E-state index in [9.17, 15) is 8.78 Å². The highest BCUT2D eigenvalue weighted by molar-refractivity contribution is 5.21. The van der Waals surface area contributed by atoms with E-state index < -0.39 is 11.6 Å². The van der Waals surface area contributed by atoms with E-state index in [0.717, 1.165) is 38.3 Å². The maximum absolute atomic E-state index is 13.1. The van der Waals surface area contributed by atoms with Gasteiger partial charge in [-0.05, 0) is 30.7 Å². The normalized spacial score (nSPS) is 12.7. The van der Waals surface area contributed by atoms with Gasteiger partial charge in [-0.3, -0.25) is 0 Å². The number of rotatable bonds is 7. The minimum absolute atomic E-state index is 0.0525. The van der Waals surface area contributed by atoms with Crippen molar-refractivity contribution in [1.29, 1.82) is 0 Å². The van der Waals surface area contributed by atoms with Crippen molar-refractivity contribution in [3.8, 4) is 0 Å². The van der Waals surface area contributed by atoms with Crippen molar-refractivity contribution in [3.05, 3.63) is 35.4 Å². The largest absolute Gasteiger partial charge is 0.310 e. The van der Waals surface area contributed by atoms with Gasteiger partial charge in [0.25, 0.3) is 0 Å². The maximum Gasteiger partial charge on any atom is 0.126 e. The van der Waals surface area contributed by atoms with Crippen LogP contribution in [0.3, 0.4) is 0 Å². The van der Waals surface area contributed by atoms with Gasteiger partial charge >= 0.3 is 0 Å². The summed E-state index contributed by atoms with van der Waals surface area (Å²) in [6.45, 7) is 4.95. The second kappa shape index (κ2) is 7.38. The third-order valence-electron chi connectivity index (χ3n) is 2.83. The summed E-state index contributed by atoms with van der Waals surface area (Å²) < 4.78 is 26.3. The fourth-order valence-electron chi connectivity index (χ4n) is 2.01. The van der Waals surface area contributed by atoms with Crippen molar-refractivity contribution < 1.29 is 8.78 Å². The van der Waals surface area contributed by atoms with Gasteiger partial charge in [0.15, 0.2) is 0 Å². The van der Waals surface area contributed by atoms with Crippen LogP contribution in [-0.4, -0.2) is 6.54 Å². The van der Waals surface area contributed by atoms with Crippen molar-refractivity contribution in [2.24, 2.45) is 0 Å². The van der Waals surface area contributed by atoms with E-state index in [-0.39, 0.29) is 6.04 Å². The molecule has 0 radical (unpaired) electrons. The van der Waals surface area contributed by atoms with Crippen LogP contribution in [0.5, 0.6) is 0 Å². The Hall–Kier alpha value is -0.960. The number of hydrogen-bond acceptors (Lipinski definition) is 1. The molecule has 0 bridgehead atoms. The molecule has 96 valence electrons. The standard InChI is InChI=1S/C14H21F2N/c1-3-5-6-7-14(17-4-2)11-8-12(15)10-13(16)9-11/h8-10,14,17H,3-7H2,1-2H3. The van der Waals surface area contributed by atoms with Crippen LogP contribution in [0.2, 0.25) is 0 Å². The lowest BCUT2D eigenvalue weighted by Gasteiger charge is -2.18. The number of unbranched alkanes of at least 4 members (excludes halogenated alkanes) is 2. The fraction of sp³-hybridized carbons (Fsp3) is 0.571. The molecule has 0 aliphatic heterocycles. The molecule has 0 aliphatic carbocycles. The van der Waals surface area contributed by atoms with Gasteiger partial charge in [-0.1, -0.05) is 33.1 Å². The van der Waals surface area contributed by atoms with E-state index in [0.29, 0.717) is 5.56 Å². The predicted molar refractivity (Wildman–Crippen MR) is 66.9 cm³/mol. The molecule has 0 amide bonds. The van der Waals surface area contributed by atoms with Gasteiger partial charge in [0.05, 0.1) is 0 Å². The van der Waals surface area contributed by atoms with Gasteiger partial charge in [-0.15, -0.1) is 0 Å². The van der Waals surface area contributed by atoms with E-state index in [4.69, 9.17) is 0 Å². The van der Waals surface area contributed by atoms with Gasteiger partial charge < -0.3 is 5.32 Å². The lowest BCUT2D eigenvalue weighted by molar-refractivity contribution is 0.479. The first-order valence-electron chi connectivity index (χ1n) is 6.36. The van der Waals surface area contributed by atoms with E-state index in [2.05, 4.69) is 12.2 Å². The van der Waals surface area contributed by atoms with Gasteiger partial charge in [0.1, 0.15) is 11.6 Å². The highest BCUT2D eigenvalue weighted by Gasteiger charge is 2.12. The van der Waals surface area contributed by atoms with Gasteiger partial charge in [-0.25, -0.2) is 8.78 Å². The Balaban J connectivity index is 2.73. The summed E-state index contributed by atoms with van der Waals surface area (Å²) in [5.41, 5.74) is 0.709. The van der Waals surface area contributed by atoms with Crippen LogP contribution in [0.1, 0.15) is 51.1 Å². The molecular formula is C14H21F2N. The van der Waals surface area contributed by atoms with Crippen LogP contribution in [0.15, 0.2) is 18.2 Å². The lowest BCUT2D eigenvalue weighted by Crippen LogP contribution is -2.21. The smallest absolute Gasteiger partial charge is 0.126 e. The van der Waals surface area contributed by atoms with Crippen LogP contribution in [0.4, 0.5) is 8.78 Å². The summed E-state index contributed by atoms with van der Waals surface area (Å²) >= 11 is 0. The highest BCUT2D eigenvalue weighted by atomic mass is 19.1. The predicted octanol–water partition coefficient (Wildman–Crippen LogP) is 4.20. The van der Waals surface area contributed by atoms with Crippen LogP contribution in [-0.2, 0) is 0 Å². The molecule has 0 spiro atoms. The molecule has 1 atom stereocenters. The van der Waals surface area contributed by atoms with E-state index >= 15 is 0 Å². The summed E-state index contributed by atoms with van der Waals surface area (Å²) in [6.07, 6.45) is 4.30. The molecule has 1 rings (SSSR count). The minimum Gasteiger partial charge on any atom is -0.310 e. The van der Waals surface area contributed by atoms with E-state index in [1.165, 1.54) is 12.1 Å². The fourth-order valence-corrected chi connectivity index (χ4v) is 2.01. The van der Waals surface area contributed by atoms with Gasteiger partial charge in [-0.2, -0.15) is 0 Å². The maximum atomic E-state index is 13.1. The first kappa shape index (κ1) is 14.1. The van der Waals surface area contributed by atoms with E-state index in [1.54, 1.807) is 0 Å². The van der Waals surface area contributed by atoms with Crippen LogP contribution in [0.25, 0.3) is 0 Å². The number of nitrogens with one attached hydrogen (secondary N) is 1. The van der Waals surface area contributed by atoms with Gasteiger partial charge in [0.2, 0.25) is 0 Å². The second-order valence-corrected chi connectivity index (χ2v) is 4.31. The summed E-state index contributed by atoms with van der Waals surface area (Å²) in [7, 11) is 0. The van der Waals surface area contributed by atoms with Crippen molar-refractivity contribution in [2.45, 2.75) is 45.6 Å². The second-order valence-electron chi connectivity index (χ2n) is 4.31. The molecule has 3 heteroatoms. The third kappa shape index (κ3) is 4.82. The van der Waals surface area contributed by atoms with Gasteiger partial charge in [0, 0.05) is 12.1 Å². The molecule has 0 fully saturated rings. The first-order valence-corrected chi connectivity index (χ1v) is 6.36. The zero-order chi connectivity index (χ0) is 12.7. The molecule has 0 aliphatic rings. The lowest BCUT2D eigenvalue weighted by atomic mass is 10.00. The number of halogens is 2. The average molecular weight is 241 g/mol. The molecule has 1 N–H and O–H groups in total. The Labute approximate surface area is 102 Å². The Morgan fingerprint density at radius 2 is 1.71 bits per heavy atom. The average Bonchev–Trinajstić information content (AvgIpc) is 2.27. The summed E-state index contributed by atoms with van der Waals surface area (Å²) in [5, 5.41) is 3.28. The van der Waals surface area contributed by atoms with Crippen LogP contribution < -0.4 is 5.32 Å². The minimum atomic E-state index is -0.501. The Morgan fingerprint density at radius 3 is 2.24 bits per heavy atom. The molecule has 0 heterocycles. The first-order chi connectivity index (χ1) is 8.17. The number of benzene rings is 1. The zero-order valence-electron chi connectivity index (χ0n) is 10.6. The summed E-state index contributed by atoms with van der Waals surface area (Å²) in [4.78, 5) is 0. The monoisotopic (exact) mass is 241 g/mol. The molecule has 0 saturated heterocycles. The van der Waals surface area contributed by atoms with Crippen LogP contribution >= 0.6 is 0 Å². The molecule has 17 heavy (non-hydrogen) atoms. The van der Waals surface area contributed by atoms with Crippen LogP contribution in [0, 0.1) is 11.6 Å². The van der Waals surface area contributed by atoms with Crippen molar-refractivity contribution >= 4 is 0 Å². The molecular weight excluding hydrogens is 220 g/mol. The highest BCUT2D eigenvalue weighted by Crippen LogP contribution is 2.21. The van der Waals surface area contributed by atoms with Crippen molar-refractivity contribution in [1.82, 2.24) is 5.32 Å². The molecule has 1 aromatic carbocycles. The number of hydrogen-bond donors (Lipinski definition) is 1. The quantitative estimate of drug-likeness (QED) is 0.706. The van der Waals surface area contributed by atoms with Crippen molar-refractivity contribution in [3.63, 3.8) is 0 Å². The zero-order valence-corrected chi connectivity index (χ0v) is 10.6. The topological polar surface area (TPSA) is 12.0 Å². The summed E-state index contributed by atoms with van der Waals surface area (Å²) in [5.74, 6) is -1.00. The van der Waals surface area contributed by atoms with Crippen molar-refractivity contribution in [2.75, 3.05) is 6.54 Å². The SMILES string of the molecule is CCCCCC(NCC)c1cc(F)cc(F)c1. The Kier molecular flexibility index (Phi) is 6.12. The molecule has 1 aromatic rings. The Morgan fingerprint density at radius 1 is 1.06 bits per heavy atom. The molecule has 1 unspecified atom stereocenters. The Bertz CT molecular complexity index is 319. The summed E-state index contributed by atoms with van der Waals surface area (Å²) in [6, 6.07) is 3.81. The van der Waals surface area contributed by atoms with E-state index in [1.807, 2.05) is 6.92 Å². The molecule has 0 aromatic heterocycles. The molecule has 0 saturated carbocycles. The third-order valence-corrected chi connectivity index (χ3v) is 2.83. The molecule has 1 nitrogen and oxygen atoms in total.